The third kappa shape index (κ3) is 2.80. The van der Waals surface area contributed by atoms with E-state index in [1.165, 1.54) is 0 Å². The van der Waals surface area contributed by atoms with E-state index in [4.69, 9.17) is 30.5 Å². The Labute approximate surface area is 143 Å². The smallest absolute Gasteiger partial charge is 0.255 e. The predicted octanol–water partition coefficient (Wildman–Crippen LogP) is 3.48. The molecule has 2 aromatic rings. The first-order valence-corrected chi connectivity index (χ1v) is 7.89. The predicted molar refractivity (Wildman–Crippen MR) is 87.6 cm³/mol. The first-order valence-electron chi connectivity index (χ1n) is 7.51. The van der Waals surface area contributed by atoms with Gasteiger partial charge in [0.25, 0.3) is 5.91 Å². The number of hydrogen-bond donors (Lipinski definition) is 1. The number of nitrogens with one attached hydrogen (secondary N) is 1. The van der Waals surface area contributed by atoms with Crippen LogP contribution in [0.25, 0.3) is 0 Å². The fourth-order valence-electron chi connectivity index (χ4n) is 2.54. The summed E-state index contributed by atoms with van der Waals surface area (Å²) >= 11 is 6.22. The number of rotatable bonds is 2. The van der Waals surface area contributed by atoms with Crippen molar-refractivity contribution in [1.82, 2.24) is 0 Å². The molecule has 24 heavy (non-hydrogen) atoms. The Kier molecular flexibility index (Phi) is 3.82. The number of carbonyl (C=O) groups excluding carboxylic acids is 1. The molecule has 0 fully saturated rings. The number of carbonyl (C=O) groups is 1. The van der Waals surface area contributed by atoms with Crippen LogP contribution in [-0.2, 0) is 0 Å². The highest BCUT2D eigenvalue weighted by molar-refractivity contribution is 6.32. The summed E-state index contributed by atoms with van der Waals surface area (Å²) in [5.41, 5.74) is 0.995. The zero-order chi connectivity index (χ0) is 16.5. The normalized spacial score (nSPS) is 14.9. The average Bonchev–Trinajstić information content (AvgIpc) is 2.90. The lowest BCUT2D eigenvalue weighted by atomic mass is 10.1. The molecule has 6 nitrogen and oxygen atoms in total. The fraction of sp³-hybridized carbons (Fsp3) is 0.235. The molecule has 4 rings (SSSR count). The fourth-order valence-corrected chi connectivity index (χ4v) is 2.80. The maximum Gasteiger partial charge on any atom is 0.255 e. The van der Waals surface area contributed by atoms with E-state index in [1.54, 1.807) is 30.3 Å². The summed E-state index contributed by atoms with van der Waals surface area (Å²) in [6.07, 6.45) is 0.768. The molecule has 0 saturated heterocycles. The van der Waals surface area contributed by atoms with Crippen LogP contribution in [0.2, 0.25) is 5.02 Å². The first kappa shape index (κ1) is 15.0. The van der Waals surface area contributed by atoms with Crippen LogP contribution in [0.4, 0.5) is 5.69 Å². The summed E-state index contributed by atoms with van der Waals surface area (Å²) in [5.74, 6) is 1.92. The lowest BCUT2D eigenvalue weighted by Gasteiger charge is -2.12. The highest BCUT2D eigenvalue weighted by atomic mass is 35.5. The lowest BCUT2D eigenvalue weighted by Crippen LogP contribution is -2.12. The number of ether oxygens (including phenoxy) is 4. The minimum absolute atomic E-state index is 0.185. The van der Waals surface area contributed by atoms with Crippen LogP contribution in [-0.4, -0.2) is 25.9 Å². The molecule has 2 aliphatic heterocycles. The number of amides is 1. The molecule has 0 radical (unpaired) electrons. The molecule has 2 aromatic carbocycles. The Morgan fingerprint density at radius 1 is 0.958 bits per heavy atom. The molecule has 0 aromatic heterocycles. The monoisotopic (exact) mass is 347 g/mol. The van der Waals surface area contributed by atoms with Crippen LogP contribution in [0.1, 0.15) is 16.8 Å². The SMILES string of the molecule is O=C(Nc1ccc2c(c1)OCO2)c1cc(Cl)c2c(c1)OCCCO2. The van der Waals surface area contributed by atoms with Gasteiger partial charge >= 0.3 is 0 Å². The van der Waals surface area contributed by atoms with Gasteiger partial charge < -0.3 is 24.3 Å². The molecule has 2 heterocycles. The van der Waals surface area contributed by atoms with E-state index in [0.29, 0.717) is 52.5 Å². The van der Waals surface area contributed by atoms with Crippen molar-refractivity contribution in [2.24, 2.45) is 0 Å². The third-order valence-electron chi connectivity index (χ3n) is 3.69. The molecule has 0 unspecified atom stereocenters. The second-order valence-corrected chi connectivity index (χ2v) is 5.77. The average molecular weight is 348 g/mol. The van der Waals surface area contributed by atoms with Crippen LogP contribution in [0, 0.1) is 0 Å². The summed E-state index contributed by atoms with van der Waals surface area (Å²) in [7, 11) is 0. The van der Waals surface area contributed by atoms with Crippen molar-refractivity contribution in [3.63, 3.8) is 0 Å². The van der Waals surface area contributed by atoms with Gasteiger partial charge in [0.1, 0.15) is 0 Å². The summed E-state index contributed by atoms with van der Waals surface area (Å²) in [6.45, 7) is 1.25. The maximum absolute atomic E-state index is 12.5. The van der Waals surface area contributed by atoms with Crippen molar-refractivity contribution in [3.05, 3.63) is 40.9 Å². The summed E-state index contributed by atoms with van der Waals surface area (Å²) in [6, 6.07) is 8.41. The highest BCUT2D eigenvalue weighted by Crippen LogP contribution is 2.38. The molecule has 0 spiro atoms. The second-order valence-electron chi connectivity index (χ2n) is 5.36. The summed E-state index contributed by atoms with van der Waals surface area (Å²) < 4.78 is 21.7. The maximum atomic E-state index is 12.5. The Bertz CT molecular complexity index is 808. The standard InChI is InChI=1S/C17H14ClNO5/c18-12-6-10(7-15-16(12)22-5-1-4-21-15)17(20)19-11-2-3-13-14(8-11)24-9-23-13/h2-3,6-8H,1,4-5,9H2,(H,19,20). The minimum atomic E-state index is -0.300. The topological polar surface area (TPSA) is 66.0 Å². The van der Waals surface area contributed by atoms with Crippen LogP contribution < -0.4 is 24.3 Å². The van der Waals surface area contributed by atoms with Gasteiger partial charge in [0, 0.05) is 23.7 Å². The molecule has 7 heteroatoms. The van der Waals surface area contributed by atoms with Gasteiger partial charge in [-0.25, -0.2) is 0 Å². The van der Waals surface area contributed by atoms with E-state index in [2.05, 4.69) is 5.32 Å². The van der Waals surface area contributed by atoms with Crippen molar-refractivity contribution < 1.29 is 23.7 Å². The van der Waals surface area contributed by atoms with Crippen LogP contribution in [0.15, 0.2) is 30.3 Å². The van der Waals surface area contributed by atoms with E-state index < -0.39 is 0 Å². The van der Waals surface area contributed by atoms with E-state index in [0.717, 1.165) is 6.42 Å². The Hall–Kier alpha value is -2.60. The number of benzene rings is 2. The first-order chi connectivity index (χ1) is 11.7. The Balaban J connectivity index is 1.58. The number of fused-ring (bicyclic) bond motifs is 2. The van der Waals surface area contributed by atoms with Gasteiger partial charge in [0.2, 0.25) is 6.79 Å². The molecule has 2 aliphatic rings. The van der Waals surface area contributed by atoms with Gasteiger partial charge in [-0.3, -0.25) is 4.79 Å². The van der Waals surface area contributed by atoms with Gasteiger partial charge in [-0.1, -0.05) is 11.6 Å². The summed E-state index contributed by atoms with van der Waals surface area (Å²) in [4.78, 5) is 12.5. The molecule has 0 aliphatic carbocycles. The molecule has 0 saturated carbocycles. The van der Waals surface area contributed by atoms with Crippen molar-refractivity contribution in [2.45, 2.75) is 6.42 Å². The van der Waals surface area contributed by atoms with Gasteiger partial charge in [-0.05, 0) is 24.3 Å². The van der Waals surface area contributed by atoms with Crippen LogP contribution >= 0.6 is 11.6 Å². The minimum Gasteiger partial charge on any atom is -0.489 e. The number of anilines is 1. The van der Waals surface area contributed by atoms with Crippen molar-refractivity contribution in [1.29, 1.82) is 0 Å². The van der Waals surface area contributed by atoms with Gasteiger partial charge in [-0.15, -0.1) is 0 Å². The van der Waals surface area contributed by atoms with Gasteiger partial charge in [0.05, 0.1) is 18.2 Å². The summed E-state index contributed by atoms with van der Waals surface area (Å²) in [5, 5.41) is 3.16. The number of hydrogen-bond acceptors (Lipinski definition) is 5. The van der Waals surface area contributed by atoms with Gasteiger partial charge in [0.15, 0.2) is 23.0 Å². The van der Waals surface area contributed by atoms with Crippen molar-refractivity contribution >= 4 is 23.2 Å². The van der Waals surface area contributed by atoms with E-state index >= 15 is 0 Å². The van der Waals surface area contributed by atoms with Crippen LogP contribution in [0.3, 0.4) is 0 Å². The Morgan fingerprint density at radius 3 is 2.71 bits per heavy atom. The lowest BCUT2D eigenvalue weighted by molar-refractivity contribution is 0.102. The van der Waals surface area contributed by atoms with Gasteiger partial charge in [-0.2, -0.15) is 0 Å². The molecule has 0 atom stereocenters. The molecular formula is C17H14ClNO5. The molecular weight excluding hydrogens is 334 g/mol. The molecule has 124 valence electrons. The second kappa shape index (κ2) is 6.13. The third-order valence-corrected chi connectivity index (χ3v) is 3.98. The largest absolute Gasteiger partial charge is 0.489 e. The number of halogens is 1. The zero-order valence-corrected chi connectivity index (χ0v) is 13.4. The molecule has 0 bridgehead atoms. The van der Waals surface area contributed by atoms with Crippen molar-refractivity contribution in [2.75, 3.05) is 25.3 Å². The highest BCUT2D eigenvalue weighted by Gasteiger charge is 2.19. The van der Waals surface area contributed by atoms with Crippen molar-refractivity contribution in [3.8, 4) is 23.0 Å². The zero-order valence-electron chi connectivity index (χ0n) is 12.6. The van der Waals surface area contributed by atoms with E-state index in [-0.39, 0.29) is 12.7 Å². The van der Waals surface area contributed by atoms with E-state index in [1.807, 2.05) is 0 Å². The Morgan fingerprint density at radius 2 is 1.79 bits per heavy atom. The molecule has 1 N–H and O–H groups in total. The van der Waals surface area contributed by atoms with Crippen LogP contribution in [0.5, 0.6) is 23.0 Å². The quantitative estimate of drug-likeness (QED) is 0.901. The molecule has 1 amide bonds. The van der Waals surface area contributed by atoms with E-state index in [9.17, 15) is 4.79 Å².